The first-order valence-electron chi connectivity index (χ1n) is 3.65. The fraction of sp³-hybridized carbons (Fsp3) is 0.125. The number of anilines is 1. The number of halogens is 1. The molecule has 0 aliphatic rings. The predicted octanol–water partition coefficient (Wildman–Crippen LogP) is 1.51. The van der Waals surface area contributed by atoms with E-state index in [9.17, 15) is 4.79 Å². The van der Waals surface area contributed by atoms with E-state index in [4.69, 9.17) is 8.25 Å². The Kier molecular flexibility index (Phi) is 4.02. The molecule has 0 unspecified atom stereocenters. The van der Waals surface area contributed by atoms with Crippen molar-refractivity contribution in [2.75, 3.05) is 5.32 Å². The van der Waals surface area contributed by atoms with Gasteiger partial charge in [0.2, 0.25) is 0 Å². The topological polar surface area (TPSA) is 29.1 Å². The van der Waals surface area contributed by atoms with E-state index in [2.05, 4.69) is 5.32 Å². The number of carbonyl (C=O) groups excluding carboxylic acids is 1. The molecule has 1 aromatic rings. The Balaban J connectivity index is 2.89. The minimum atomic E-state index is -1.40. The van der Waals surface area contributed by atoms with Crippen LogP contribution in [-0.2, 0) is 28.1 Å². The van der Waals surface area contributed by atoms with Crippen molar-refractivity contribution in [3.05, 3.63) is 24.3 Å². The van der Waals surface area contributed by atoms with Crippen LogP contribution in [0.2, 0.25) is 0 Å². The molecule has 1 rings (SSSR count). The van der Waals surface area contributed by atoms with Gasteiger partial charge in [0.15, 0.2) is 0 Å². The van der Waals surface area contributed by atoms with E-state index in [1.54, 1.807) is 0 Å². The second kappa shape index (κ2) is 4.82. The standard InChI is InChI=1S/C8H8NO.ClH.Hg/c1-7(10)9-8-5-3-2-4-6-8;;/h2-5H,1H3,(H,9,10);1H;/q;;+1/p-1. The number of carbonyl (C=O) groups is 1. The Hall–Kier alpha value is -0.0849. The summed E-state index contributed by atoms with van der Waals surface area (Å²) in [6, 6.07) is 7.72. The van der Waals surface area contributed by atoms with Crippen LogP contribution in [0.25, 0.3) is 0 Å². The first kappa shape index (κ1) is 10.00. The monoisotopic (exact) mass is 371 g/mol. The van der Waals surface area contributed by atoms with Gasteiger partial charge < -0.3 is 0 Å². The van der Waals surface area contributed by atoms with E-state index in [-0.39, 0.29) is 5.91 Å². The van der Waals surface area contributed by atoms with Gasteiger partial charge >= 0.3 is 87.6 Å². The van der Waals surface area contributed by atoms with Crippen LogP contribution in [-0.4, -0.2) is 5.91 Å². The molecule has 0 fully saturated rings. The molecule has 2 nitrogen and oxygen atoms in total. The Labute approximate surface area is 87.2 Å². The number of rotatable bonds is 2. The van der Waals surface area contributed by atoms with Gasteiger partial charge in [0, 0.05) is 0 Å². The molecule has 0 aliphatic heterocycles. The van der Waals surface area contributed by atoms with Gasteiger partial charge in [0.1, 0.15) is 0 Å². The molecule has 1 N–H and O–H groups in total. The molecule has 0 aliphatic carbocycles. The summed E-state index contributed by atoms with van der Waals surface area (Å²) in [4.78, 5) is 10.8. The number of para-hydroxylation sites is 1. The van der Waals surface area contributed by atoms with E-state index >= 15 is 0 Å². The third-order valence-corrected chi connectivity index (χ3v) is 7.52. The molecule has 60 valence electrons. The average molecular weight is 370 g/mol. The summed E-state index contributed by atoms with van der Waals surface area (Å²) in [5.41, 5.74) is 0.890. The molecule has 0 heterocycles. The quantitative estimate of drug-likeness (QED) is 0.786. The summed E-state index contributed by atoms with van der Waals surface area (Å²) in [5, 5.41) is 2.76. The van der Waals surface area contributed by atoms with Crippen molar-refractivity contribution in [2.45, 2.75) is 6.92 Å². The fourth-order valence-corrected chi connectivity index (χ4v) is 5.23. The molecule has 0 bridgehead atoms. The van der Waals surface area contributed by atoms with Gasteiger partial charge in [0.05, 0.1) is 0 Å². The minimum absolute atomic E-state index is 0.0408. The summed E-state index contributed by atoms with van der Waals surface area (Å²) in [6.45, 7) is 1.50. The molecule has 1 aromatic carbocycles. The molecule has 0 aromatic heterocycles. The first-order chi connectivity index (χ1) is 5.74. The van der Waals surface area contributed by atoms with Crippen molar-refractivity contribution >= 4 is 22.9 Å². The SMILES string of the molecule is CC(=O)Nc1cccc[c]1[Hg][Cl]. The number of amides is 1. The molecular weight excluding hydrogens is 362 g/mol. The molecule has 0 radical (unpaired) electrons. The van der Waals surface area contributed by atoms with Gasteiger partial charge in [-0.15, -0.1) is 0 Å². The molecule has 0 atom stereocenters. The van der Waals surface area contributed by atoms with Gasteiger partial charge in [-0.3, -0.25) is 0 Å². The van der Waals surface area contributed by atoms with Crippen LogP contribution in [0.15, 0.2) is 24.3 Å². The predicted molar refractivity (Wildman–Crippen MR) is 46.2 cm³/mol. The summed E-state index contributed by atoms with van der Waals surface area (Å²) < 4.78 is 1.16. The summed E-state index contributed by atoms with van der Waals surface area (Å²) in [5.74, 6) is -0.0408. The molecule has 0 saturated heterocycles. The van der Waals surface area contributed by atoms with Crippen molar-refractivity contribution in [3.63, 3.8) is 0 Å². The average Bonchev–Trinajstić information content (AvgIpc) is 2.04. The zero-order chi connectivity index (χ0) is 8.97. The van der Waals surface area contributed by atoms with Crippen molar-refractivity contribution in [2.24, 2.45) is 0 Å². The number of hydrogen-bond donors (Lipinski definition) is 1. The van der Waals surface area contributed by atoms with Gasteiger partial charge in [0.25, 0.3) is 0 Å². The van der Waals surface area contributed by atoms with Crippen molar-refractivity contribution < 1.29 is 28.1 Å². The van der Waals surface area contributed by atoms with E-state index in [1.165, 1.54) is 6.92 Å². The first-order valence-corrected chi connectivity index (χ1v) is 13.2. The van der Waals surface area contributed by atoms with Crippen LogP contribution < -0.4 is 8.39 Å². The van der Waals surface area contributed by atoms with Gasteiger partial charge in [-0.25, -0.2) is 0 Å². The van der Waals surface area contributed by atoms with Crippen molar-refractivity contribution in [1.29, 1.82) is 0 Å². The molecule has 4 heteroatoms. The fourth-order valence-electron chi connectivity index (χ4n) is 0.948. The summed E-state index contributed by atoms with van der Waals surface area (Å²) >= 11 is -1.40. The Morgan fingerprint density at radius 1 is 1.50 bits per heavy atom. The van der Waals surface area contributed by atoms with Crippen LogP contribution >= 0.6 is 8.25 Å². The van der Waals surface area contributed by atoms with Crippen molar-refractivity contribution in [3.8, 4) is 0 Å². The Morgan fingerprint density at radius 2 is 2.17 bits per heavy atom. The third-order valence-electron chi connectivity index (χ3n) is 1.47. The van der Waals surface area contributed by atoms with E-state index in [0.29, 0.717) is 0 Å². The molecular formula is C8H8ClHgNO. The van der Waals surface area contributed by atoms with Crippen LogP contribution in [0.4, 0.5) is 5.69 Å². The van der Waals surface area contributed by atoms with Gasteiger partial charge in [-0.1, -0.05) is 0 Å². The number of benzene rings is 1. The zero-order valence-corrected chi connectivity index (χ0v) is 13.1. The van der Waals surface area contributed by atoms with Crippen LogP contribution in [0.3, 0.4) is 0 Å². The second-order valence-corrected chi connectivity index (χ2v) is 8.82. The Bertz CT molecular complexity index is 290. The summed E-state index contributed by atoms with van der Waals surface area (Å²) in [7, 11) is 5.89. The maximum absolute atomic E-state index is 10.8. The van der Waals surface area contributed by atoms with Crippen LogP contribution in [0, 0.1) is 0 Å². The molecule has 12 heavy (non-hydrogen) atoms. The van der Waals surface area contributed by atoms with Crippen LogP contribution in [0.1, 0.15) is 6.92 Å². The molecule has 1 amide bonds. The zero-order valence-electron chi connectivity index (χ0n) is 6.80. The second-order valence-electron chi connectivity index (χ2n) is 2.47. The van der Waals surface area contributed by atoms with Gasteiger partial charge in [-0.05, 0) is 0 Å². The van der Waals surface area contributed by atoms with E-state index in [1.807, 2.05) is 24.3 Å². The normalized spacial score (nSPS) is 8.83. The molecule has 0 spiro atoms. The molecule has 0 saturated carbocycles. The van der Waals surface area contributed by atoms with E-state index < -0.39 is 23.3 Å². The van der Waals surface area contributed by atoms with Crippen molar-refractivity contribution in [1.82, 2.24) is 0 Å². The number of nitrogens with one attached hydrogen (secondary N) is 1. The Morgan fingerprint density at radius 3 is 2.75 bits per heavy atom. The third kappa shape index (κ3) is 2.75. The maximum atomic E-state index is 10.8. The summed E-state index contributed by atoms with van der Waals surface area (Å²) in [6.07, 6.45) is 0. The van der Waals surface area contributed by atoms with Crippen LogP contribution in [0.5, 0.6) is 0 Å². The number of hydrogen-bond acceptors (Lipinski definition) is 1. The van der Waals surface area contributed by atoms with E-state index in [0.717, 1.165) is 8.76 Å². The van der Waals surface area contributed by atoms with Gasteiger partial charge in [-0.2, -0.15) is 0 Å².